The number of carboxylic acid groups (broad SMARTS) is 1. The largest absolute Gasteiger partial charge is 0.480 e. The van der Waals surface area contributed by atoms with E-state index in [4.69, 9.17) is 5.11 Å². The molecule has 7 nitrogen and oxygen atoms in total. The third kappa shape index (κ3) is 3.41. The average molecular weight is 268 g/mol. The summed E-state index contributed by atoms with van der Waals surface area (Å²) < 4.78 is 1.42. The molecule has 0 radical (unpaired) electrons. The van der Waals surface area contributed by atoms with Gasteiger partial charge in [-0.15, -0.1) is 0 Å². The second kappa shape index (κ2) is 5.66. The lowest BCUT2D eigenvalue weighted by Crippen LogP contribution is -2.48. The molecule has 2 atom stereocenters. The highest BCUT2D eigenvalue weighted by Crippen LogP contribution is 2.08. The van der Waals surface area contributed by atoms with E-state index >= 15 is 0 Å². The molecule has 1 rings (SSSR count). The molecule has 2 unspecified atom stereocenters. The number of nitrogens with zero attached hydrogens (tertiary/aromatic N) is 1. The molecule has 0 bridgehead atoms. The number of amides is 1. The van der Waals surface area contributed by atoms with Crippen LogP contribution in [0.15, 0.2) is 12.3 Å². The van der Waals surface area contributed by atoms with Crippen LogP contribution in [0.5, 0.6) is 0 Å². The van der Waals surface area contributed by atoms with Gasteiger partial charge >= 0.3 is 5.97 Å². The van der Waals surface area contributed by atoms with E-state index in [1.807, 2.05) is 0 Å². The molecule has 0 aliphatic carbocycles. The molecular weight excluding hydrogens is 252 g/mol. The van der Waals surface area contributed by atoms with Crippen molar-refractivity contribution in [2.75, 3.05) is 0 Å². The van der Waals surface area contributed by atoms with Crippen LogP contribution in [-0.2, 0) is 11.8 Å². The Hall–Kier alpha value is -2.15. The molecule has 0 saturated carbocycles. The molecule has 1 aromatic rings. The van der Waals surface area contributed by atoms with Gasteiger partial charge in [-0.1, -0.05) is 0 Å². The maximum absolute atomic E-state index is 11.9. The number of carboxylic acids is 1. The number of nitrogens with one attached hydrogen (secondary N) is 1. The van der Waals surface area contributed by atoms with Gasteiger partial charge < -0.3 is 20.1 Å². The zero-order valence-electron chi connectivity index (χ0n) is 10.9. The van der Waals surface area contributed by atoms with E-state index in [1.165, 1.54) is 30.7 Å². The van der Waals surface area contributed by atoms with Crippen molar-refractivity contribution in [1.82, 2.24) is 9.88 Å². The molecule has 1 amide bonds. The number of carbonyl (C=O) groups is 3. The predicted octanol–water partition coefficient (Wildman–Crippen LogP) is -0.209. The van der Waals surface area contributed by atoms with Crippen LogP contribution in [-0.4, -0.2) is 44.6 Å². The number of Topliss-reactive ketones (excluding diaryl/α,β-unsaturated/α-hetero) is 1. The fourth-order valence-electron chi connectivity index (χ4n) is 1.59. The van der Waals surface area contributed by atoms with Gasteiger partial charge in [0.2, 0.25) is 0 Å². The average Bonchev–Trinajstić information content (AvgIpc) is 2.67. The fraction of sp³-hybridized carbons (Fsp3) is 0.417. The number of carbonyl (C=O) groups excluding carboxylic acids is 2. The number of hydrogen-bond acceptors (Lipinski definition) is 4. The van der Waals surface area contributed by atoms with Gasteiger partial charge in [-0.05, 0) is 19.9 Å². The van der Waals surface area contributed by atoms with E-state index in [2.05, 4.69) is 5.32 Å². The van der Waals surface area contributed by atoms with Gasteiger partial charge in [-0.25, -0.2) is 4.79 Å². The smallest absolute Gasteiger partial charge is 0.328 e. The minimum Gasteiger partial charge on any atom is -0.480 e. The molecule has 7 heteroatoms. The second-order valence-corrected chi connectivity index (χ2v) is 4.31. The van der Waals surface area contributed by atoms with Gasteiger partial charge in [-0.3, -0.25) is 9.59 Å². The maximum Gasteiger partial charge on any atom is 0.328 e. The van der Waals surface area contributed by atoms with Crippen molar-refractivity contribution in [2.24, 2.45) is 7.05 Å². The van der Waals surface area contributed by atoms with Crippen molar-refractivity contribution in [1.29, 1.82) is 0 Å². The number of aromatic nitrogens is 1. The van der Waals surface area contributed by atoms with Gasteiger partial charge in [0, 0.05) is 18.8 Å². The van der Waals surface area contributed by atoms with Crippen LogP contribution in [0.4, 0.5) is 0 Å². The van der Waals surface area contributed by atoms with Crippen molar-refractivity contribution in [3.8, 4) is 0 Å². The third-order valence-corrected chi connectivity index (χ3v) is 2.68. The quantitative estimate of drug-likeness (QED) is 0.640. The van der Waals surface area contributed by atoms with Crippen LogP contribution in [0.3, 0.4) is 0 Å². The fourth-order valence-corrected chi connectivity index (χ4v) is 1.59. The van der Waals surface area contributed by atoms with E-state index in [-0.39, 0.29) is 11.5 Å². The number of aliphatic carboxylic acids is 1. The summed E-state index contributed by atoms with van der Waals surface area (Å²) in [7, 11) is 1.57. The topological polar surface area (TPSA) is 109 Å². The second-order valence-electron chi connectivity index (χ2n) is 4.31. The number of aliphatic hydroxyl groups excluding tert-OH is 1. The van der Waals surface area contributed by atoms with E-state index < -0.39 is 24.0 Å². The predicted molar refractivity (Wildman–Crippen MR) is 66.0 cm³/mol. The Morgan fingerprint density at radius 2 is 1.95 bits per heavy atom. The Morgan fingerprint density at radius 1 is 1.37 bits per heavy atom. The van der Waals surface area contributed by atoms with Crippen molar-refractivity contribution in [2.45, 2.75) is 26.0 Å². The number of aliphatic hydroxyl groups is 1. The highest BCUT2D eigenvalue weighted by atomic mass is 16.4. The first-order chi connectivity index (χ1) is 8.73. The van der Waals surface area contributed by atoms with Crippen LogP contribution in [0, 0.1) is 0 Å². The van der Waals surface area contributed by atoms with Gasteiger partial charge in [-0.2, -0.15) is 0 Å². The number of hydrogen-bond donors (Lipinski definition) is 3. The van der Waals surface area contributed by atoms with E-state index in [1.54, 1.807) is 7.05 Å². The van der Waals surface area contributed by atoms with Crippen molar-refractivity contribution < 1.29 is 24.6 Å². The summed E-state index contributed by atoms with van der Waals surface area (Å²) >= 11 is 0. The summed E-state index contributed by atoms with van der Waals surface area (Å²) in [5.41, 5.74) is 0.508. The lowest BCUT2D eigenvalue weighted by molar-refractivity contribution is -0.141. The molecule has 0 spiro atoms. The summed E-state index contributed by atoms with van der Waals surface area (Å²) in [6.07, 6.45) is 0.254. The number of rotatable bonds is 5. The molecule has 104 valence electrons. The van der Waals surface area contributed by atoms with E-state index in [0.29, 0.717) is 5.56 Å². The molecule has 0 aliphatic rings. The molecule has 1 aromatic heterocycles. The first-order valence-electron chi connectivity index (χ1n) is 5.63. The Balaban J connectivity index is 2.94. The van der Waals surface area contributed by atoms with Crippen LogP contribution in [0.1, 0.15) is 34.7 Å². The lowest BCUT2D eigenvalue weighted by atomic mass is 10.1. The molecule has 0 aliphatic heterocycles. The Kier molecular flexibility index (Phi) is 4.44. The highest BCUT2D eigenvalue weighted by Gasteiger charge is 2.26. The first kappa shape index (κ1) is 14.9. The molecular formula is C12H16N2O5. The molecule has 0 saturated heterocycles. The van der Waals surface area contributed by atoms with Gasteiger partial charge in [0.05, 0.1) is 6.10 Å². The van der Waals surface area contributed by atoms with Crippen LogP contribution < -0.4 is 5.32 Å². The number of ketones is 1. The van der Waals surface area contributed by atoms with Crippen molar-refractivity contribution in [3.63, 3.8) is 0 Å². The standard InChI is InChI=1S/C12H16N2O5/c1-6(15)8-4-9(14(3)5-8)11(17)13-10(7(2)16)12(18)19/h4-5,7,10,16H,1-3H3,(H,13,17)(H,18,19). The summed E-state index contributed by atoms with van der Waals surface area (Å²) in [5, 5.41) is 20.4. The van der Waals surface area contributed by atoms with Crippen LogP contribution >= 0.6 is 0 Å². The number of aryl methyl sites for hydroxylation is 1. The molecule has 1 heterocycles. The Bertz CT molecular complexity index is 518. The summed E-state index contributed by atoms with van der Waals surface area (Å²) in [6, 6.07) is -0.0262. The van der Waals surface area contributed by atoms with Gasteiger partial charge in [0.1, 0.15) is 5.69 Å². The minimum atomic E-state index is -1.40. The third-order valence-electron chi connectivity index (χ3n) is 2.68. The molecule has 3 N–H and O–H groups in total. The zero-order valence-corrected chi connectivity index (χ0v) is 10.9. The van der Waals surface area contributed by atoms with E-state index in [0.717, 1.165) is 0 Å². The minimum absolute atomic E-state index is 0.150. The van der Waals surface area contributed by atoms with Gasteiger partial charge in [0.15, 0.2) is 11.8 Å². The monoisotopic (exact) mass is 268 g/mol. The summed E-state index contributed by atoms with van der Waals surface area (Å²) in [4.78, 5) is 34.0. The van der Waals surface area contributed by atoms with Crippen molar-refractivity contribution in [3.05, 3.63) is 23.5 Å². The van der Waals surface area contributed by atoms with Crippen LogP contribution in [0.25, 0.3) is 0 Å². The van der Waals surface area contributed by atoms with Crippen molar-refractivity contribution >= 4 is 17.7 Å². The Morgan fingerprint density at radius 3 is 2.32 bits per heavy atom. The molecule has 0 fully saturated rings. The molecule has 19 heavy (non-hydrogen) atoms. The highest BCUT2D eigenvalue weighted by molar-refractivity contribution is 6.00. The Labute approximate surface area is 109 Å². The summed E-state index contributed by atoms with van der Waals surface area (Å²) in [6.45, 7) is 2.64. The van der Waals surface area contributed by atoms with Gasteiger partial charge in [0.25, 0.3) is 5.91 Å². The zero-order chi connectivity index (χ0) is 14.7. The van der Waals surface area contributed by atoms with E-state index in [9.17, 15) is 19.5 Å². The lowest BCUT2D eigenvalue weighted by Gasteiger charge is -2.17. The first-order valence-corrected chi connectivity index (χ1v) is 5.63. The van der Waals surface area contributed by atoms with Crippen LogP contribution in [0.2, 0.25) is 0 Å². The maximum atomic E-state index is 11.9. The molecule has 0 aromatic carbocycles. The summed E-state index contributed by atoms with van der Waals surface area (Å²) in [5.74, 6) is -2.19. The normalized spacial score (nSPS) is 13.7. The SMILES string of the molecule is CC(=O)c1cc(C(=O)NC(C(=O)O)C(C)O)n(C)c1.